The molecule has 1 aliphatic heterocycles. The summed E-state index contributed by atoms with van der Waals surface area (Å²) in [5.41, 5.74) is 3.15. The highest BCUT2D eigenvalue weighted by molar-refractivity contribution is 6.03. The fourth-order valence-corrected chi connectivity index (χ4v) is 3.95. The number of hydrogen-bond acceptors (Lipinski definition) is 2. The van der Waals surface area contributed by atoms with Gasteiger partial charge in [0, 0.05) is 17.0 Å². The lowest BCUT2D eigenvalue weighted by Gasteiger charge is -2.16. The average molecular weight is 386 g/mol. The first-order chi connectivity index (χ1) is 14.3. The standard InChI is InChI=1S/C25H27N3O/c1-2-3-5-16-24-22(20-11-6-4-7-12-20)18-28(27-24)25(29)26-23-17-10-14-19-13-8-9-15-21(19)23/h4,6-15,17,22H,2-3,5,16,18H2,1H3,(H,26,29). The Kier molecular flexibility index (Phi) is 5.89. The number of hydrogen-bond donors (Lipinski definition) is 1. The third-order valence-corrected chi connectivity index (χ3v) is 5.51. The monoisotopic (exact) mass is 385 g/mol. The van der Waals surface area contributed by atoms with Gasteiger partial charge in [0.05, 0.1) is 12.2 Å². The van der Waals surface area contributed by atoms with Crippen LogP contribution in [0.3, 0.4) is 0 Å². The maximum Gasteiger partial charge on any atom is 0.342 e. The molecule has 3 aromatic rings. The Morgan fingerprint density at radius 3 is 2.59 bits per heavy atom. The van der Waals surface area contributed by atoms with E-state index in [1.54, 1.807) is 5.01 Å². The summed E-state index contributed by atoms with van der Waals surface area (Å²) in [5.74, 6) is 0.173. The summed E-state index contributed by atoms with van der Waals surface area (Å²) in [6.45, 7) is 2.79. The predicted molar refractivity (Wildman–Crippen MR) is 120 cm³/mol. The van der Waals surface area contributed by atoms with Crippen molar-refractivity contribution in [3.8, 4) is 0 Å². The van der Waals surface area contributed by atoms with Crippen LogP contribution in [-0.2, 0) is 0 Å². The molecule has 0 aromatic heterocycles. The van der Waals surface area contributed by atoms with Crippen molar-refractivity contribution < 1.29 is 4.79 Å². The van der Waals surface area contributed by atoms with E-state index < -0.39 is 0 Å². The van der Waals surface area contributed by atoms with Crippen LogP contribution < -0.4 is 5.32 Å². The number of nitrogens with one attached hydrogen (secondary N) is 1. The molecule has 0 spiro atoms. The van der Waals surface area contributed by atoms with Gasteiger partial charge in [-0.1, -0.05) is 86.5 Å². The second kappa shape index (κ2) is 8.91. The largest absolute Gasteiger partial charge is 0.342 e. The average Bonchev–Trinajstić information content (AvgIpc) is 3.19. The van der Waals surface area contributed by atoms with Crippen LogP contribution in [0.25, 0.3) is 10.8 Å². The smallest absolute Gasteiger partial charge is 0.306 e. The van der Waals surface area contributed by atoms with Gasteiger partial charge in [-0.25, -0.2) is 9.80 Å². The zero-order valence-corrected chi connectivity index (χ0v) is 16.8. The molecule has 4 nitrogen and oxygen atoms in total. The Morgan fingerprint density at radius 1 is 1.00 bits per heavy atom. The van der Waals surface area contributed by atoms with Gasteiger partial charge in [-0.05, 0) is 29.9 Å². The summed E-state index contributed by atoms with van der Waals surface area (Å²) in [4.78, 5) is 13.0. The van der Waals surface area contributed by atoms with Crippen molar-refractivity contribution in [1.82, 2.24) is 5.01 Å². The van der Waals surface area contributed by atoms with Crippen LogP contribution in [0.5, 0.6) is 0 Å². The summed E-state index contributed by atoms with van der Waals surface area (Å²) >= 11 is 0. The summed E-state index contributed by atoms with van der Waals surface area (Å²) in [6.07, 6.45) is 4.40. The van der Waals surface area contributed by atoms with E-state index in [1.165, 1.54) is 18.4 Å². The topological polar surface area (TPSA) is 44.7 Å². The van der Waals surface area contributed by atoms with Crippen LogP contribution in [0.2, 0.25) is 0 Å². The number of urea groups is 1. The number of amides is 2. The predicted octanol–water partition coefficient (Wildman–Crippen LogP) is 6.41. The summed E-state index contributed by atoms with van der Waals surface area (Å²) in [6, 6.07) is 24.3. The number of fused-ring (bicyclic) bond motifs is 1. The van der Waals surface area contributed by atoms with Gasteiger partial charge in [-0.3, -0.25) is 0 Å². The molecule has 4 heteroatoms. The first-order valence-electron chi connectivity index (χ1n) is 10.4. The number of nitrogens with zero attached hydrogens (tertiary/aromatic N) is 2. The second-order valence-electron chi connectivity index (χ2n) is 7.55. The third-order valence-electron chi connectivity index (χ3n) is 5.51. The first kappa shape index (κ1) is 19.2. The molecule has 148 valence electrons. The van der Waals surface area contributed by atoms with E-state index in [1.807, 2.05) is 36.4 Å². The van der Waals surface area contributed by atoms with Crippen molar-refractivity contribution in [3.63, 3.8) is 0 Å². The Bertz CT molecular complexity index is 1010. The number of carbonyl (C=O) groups excluding carboxylic acids is 1. The Morgan fingerprint density at radius 2 is 1.76 bits per heavy atom. The van der Waals surface area contributed by atoms with Gasteiger partial charge in [0.15, 0.2) is 0 Å². The molecule has 4 rings (SSSR count). The zero-order valence-electron chi connectivity index (χ0n) is 16.8. The summed E-state index contributed by atoms with van der Waals surface area (Å²) in [7, 11) is 0. The van der Waals surface area contributed by atoms with Crippen molar-refractivity contribution in [2.75, 3.05) is 11.9 Å². The van der Waals surface area contributed by atoms with Crippen LogP contribution in [0, 0.1) is 0 Å². The maximum absolute atomic E-state index is 13.0. The SMILES string of the molecule is CCCCCC1=NN(C(=O)Nc2cccc3ccccc23)CC1c1ccccc1. The Hall–Kier alpha value is -3.14. The summed E-state index contributed by atoms with van der Waals surface area (Å²) in [5, 5.41) is 11.5. The minimum Gasteiger partial charge on any atom is -0.306 e. The lowest BCUT2D eigenvalue weighted by molar-refractivity contribution is 0.218. The van der Waals surface area contributed by atoms with Gasteiger partial charge in [-0.15, -0.1) is 0 Å². The quantitative estimate of drug-likeness (QED) is 0.490. The molecule has 3 aromatic carbocycles. The Labute approximate surface area is 172 Å². The van der Waals surface area contributed by atoms with Gasteiger partial charge in [0.2, 0.25) is 0 Å². The number of rotatable bonds is 6. The number of anilines is 1. The van der Waals surface area contributed by atoms with E-state index in [2.05, 4.69) is 48.6 Å². The molecular formula is C25H27N3O. The fraction of sp³-hybridized carbons (Fsp3) is 0.280. The minimum atomic E-state index is -0.173. The van der Waals surface area contributed by atoms with E-state index in [9.17, 15) is 4.79 Å². The second-order valence-corrected chi connectivity index (χ2v) is 7.55. The van der Waals surface area contributed by atoms with Crippen molar-refractivity contribution in [2.24, 2.45) is 5.10 Å². The highest BCUT2D eigenvalue weighted by Crippen LogP contribution is 2.29. The van der Waals surface area contributed by atoms with E-state index in [0.717, 1.165) is 35.0 Å². The van der Waals surface area contributed by atoms with Crippen LogP contribution in [0.15, 0.2) is 77.9 Å². The minimum absolute atomic E-state index is 0.173. The Balaban J connectivity index is 1.54. The fourth-order valence-electron chi connectivity index (χ4n) is 3.95. The molecule has 0 fully saturated rings. The molecule has 1 aliphatic rings. The van der Waals surface area contributed by atoms with E-state index >= 15 is 0 Å². The van der Waals surface area contributed by atoms with Crippen LogP contribution >= 0.6 is 0 Å². The molecule has 1 atom stereocenters. The molecule has 1 N–H and O–H groups in total. The molecule has 1 heterocycles. The van der Waals surface area contributed by atoms with E-state index in [4.69, 9.17) is 5.10 Å². The van der Waals surface area contributed by atoms with Crippen molar-refractivity contribution >= 4 is 28.2 Å². The highest BCUT2D eigenvalue weighted by atomic mass is 16.2. The van der Waals surface area contributed by atoms with Crippen LogP contribution in [0.1, 0.15) is 44.1 Å². The lowest BCUT2D eigenvalue weighted by atomic mass is 9.92. The molecule has 2 amide bonds. The first-order valence-corrected chi connectivity index (χ1v) is 10.4. The maximum atomic E-state index is 13.0. The highest BCUT2D eigenvalue weighted by Gasteiger charge is 2.31. The molecule has 1 unspecified atom stereocenters. The third kappa shape index (κ3) is 4.32. The van der Waals surface area contributed by atoms with Crippen molar-refractivity contribution in [1.29, 1.82) is 0 Å². The number of hydrazone groups is 1. The molecule has 0 bridgehead atoms. The molecule has 0 saturated carbocycles. The van der Waals surface area contributed by atoms with E-state index in [-0.39, 0.29) is 11.9 Å². The van der Waals surface area contributed by atoms with Gasteiger partial charge in [0.1, 0.15) is 0 Å². The molecule has 0 saturated heterocycles. The number of carbonyl (C=O) groups is 1. The van der Waals surface area contributed by atoms with E-state index in [0.29, 0.717) is 6.54 Å². The van der Waals surface area contributed by atoms with Crippen molar-refractivity contribution in [2.45, 2.75) is 38.5 Å². The molecule has 0 aliphatic carbocycles. The van der Waals surface area contributed by atoms with Gasteiger partial charge >= 0.3 is 6.03 Å². The molecule has 0 radical (unpaired) electrons. The molecular weight excluding hydrogens is 358 g/mol. The van der Waals surface area contributed by atoms with Crippen molar-refractivity contribution in [3.05, 3.63) is 78.4 Å². The van der Waals surface area contributed by atoms with Gasteiger partial charge < -0.3 is 5.32 Å². The van der Waals surface area contributed by atoms with Gasteiger partial charge in [-0.2, -0.15) is 5.10 Å². The number of unbranched alkanes of at least 4 members (excludes halogenated alkanes) is 2. The van der Waals surface area contributed by atoms with Crippen LogP contribution in [-0.4, -0.2) is 23.3 Å². The lowest BCUT2D eigenvalue weighted by Crippen LogP contribution is -2.30. The number of benzene rings is 3. The summed E-state index contributed by atoms with van der Waals surface area (Å²) < 4.78 is 0. The normalized spacial score (nSPS) is 16.1. The van der Waals surface area contributed by atoms with Gasteiger partial charge in [0.25, 0.3) is 0 Å². The molecule has 29 heavy (non-hydrogen) atoms. The zero-order chi connectivity index (χ0) is 20.1. The van der Waals surface area contributed by atoms with Crippen LogP contribution in [0.4, 0.5) is 10.5 Å².